The Morgan fingerprint density at radius 1 is 1.06 bits per heavy atom. The normalized spacial score (nSPS) is 10.9. The van der Waals surface area contributed by atoms with Crippen molar-refractivity contribution in [2.75, 3.05) is 13.2 Å². The lowest BCUT2D eigenvalue weighted by molar-refractivity contribution is 0.116. The number of ether oxygens (including phenoxy) is 1. The SMILES string of the molecule is CCCNCc1c(C)nc(COCCC)nc1C. The third-order valence-electron chi connectivity index (χ3n) is 2.78. The summed E-state index contributed by atoms with van der Waals surface area (Å²) in [6.07, 6.45) is 2.17. The van der Waals surface area contributed by atoms with Gasteiger partial charge in [-0.05, 0) is 33.2 Å². The van der Waals surface area contributed by atoms with Crippen molar-refractivity contribution < 1.29 is 4.74 Å². The molecule has 1 rings (SSSR count). The van der Waals surface area contributed by atoms with Crippen molar-refractivity contribution in [2.24, 2.45) is 0 Å². The van der Waals surface area contributed by atoms with Crippen molar-refractivity contribution in [3.63, 3.8) is 0 Å². The molecule has 18 heavy (non-hydrogen) atoms. The molecular weight excluding hydrogens is 226 g/mol. The van der Waals surface area contributed by atoms with Gasteiger partial charge >= 0.3 is 0 Å². The first-order valence-electron chi connectivity index (χ1n) is 6.80. The Morgan fingerprint density at radius 3 is 2.28 bits per heavy atom. The van der Waals surface area contributed by atoms with Gasteiger partial charge in [-0.25, -0.2) is 9.97 Å². The summed E-state index contributed by atoms with van der Waals surface area (Å²) < 4.78 is 5.48. The minimum Gasteiger partial charge on any atom is -0.373 e. The number of nitrogens with one attached hydrogen (secondary N) is 1. The maximum Gasteiger partial charge on any atom is 0.154 e. The van der Waals surface area contributed by atoms with E-state index in [1.807, 2.05) is 13.8 Å². The molecule has 0 fully saturated rings. The van der Waals surface area contributed by atoms with Crippen molar-refractivity contribution in [1.29, 1.82) is 0 Å². The molecule has 0 radical (unpaired) electrons. The molecule has 102 valence electrons. The molecular formula is C14H25N3O. The molecule has 0 spiro atoms. The smallest absolute Gasteiger partial charge is 0.154 e. The van der Waals surface area contributed by atoms with Crippen LogP contribution in [0.1, 0.15) is 49.5 Å². The first-order chi connectivity index (χ1) is 8.69. The number of hydrogen-bond acceptors (Lipinski definition) is 4. The van der Waals surface area contributed by atoms with Crippen LogP contribution in [0, 0.1) is 13.8 Å². The predicted molar refractivity (Wildman–Crippen MR) is 73.5 cm³/mol. The van der Waals surface area contributed by atoms with Gasteiger partial charge in [0.1, 0.15) is 6.61 Å². The van der Waals surface area contributed by atoms with Crippen molar-refractivity contribution in [2.45, 2.75) is 53.7 Å². The second-order valence-corrected chi connectivity index (χ2v) is 4.52. The number of nitrogens with zero attached hydrogens (tertiary/aromatic N) is 2. The maximum absolute atomic E-state index is 5.48. The van der Waals surface area contributed by atoms with Crippen molar-refractivity contribution in [3.8, 4) is 0 Å². The first kappa shape index (κ1) is 15.1. The van der Waals surface area contributed by atoms with Gasteiger partial charge in [0.15, 0.2) is 5.82 Å². The molecule has 0 unspecified atom stereocenters. The molecule has 1 aromatic heterocycles. The Balaban J connectivity index is 2.65. The van der Waals surface area contributed by atoms with Crippen LogP contribution < -0.4 is 5.32 Å². The summed E-state index contributed by atoms with van der Waals surface area (Å²) in [4.78, 5) is 9.02. The van der Waals surface area contributed by atoms with E-state index in [-0.39, 0.29) is 0 Å². The maximum atomic E-state index is 5.48. The highest BCUT2D eigenvalue weighted by molar-refractivity contribution is 5.24. The average molecular weight is 251 g/mol. The van der Waals surface area contributed by atoms with Gasteiger partial charge in [-0.3, -0.25) is 0 Å². The average Bonchev–Trinajstić information content (AvgIpc) is 2.33. The summed E-state index contributed by atoms with van der Waals surface area (Å²) in [7, 11) is 0. The zero-order valence-corrected chi connectivity index (χ0v) is 12.0. The Labute approximate surface area is 110 Å². The van der Waals surface area contributed by atoms with Crippen LogP contribution in [0.3, 0.4) is 0 Å². The van der Waals surface area contributed by atoms with Gasteiger partial charge in [0, 0.05) is 30.1 Å². The van der Waals surface area contributed by atoms with Gasteiger partial charge in [0.2, 0.25) is 0 Å². The van der Waals surface area contributed by atoms with Gasteiger partial charge in [-0.15, -0.1) is 0 Å². The fraction of sp³-hybridized carbons (Fsp3) is 0.714. The summed E-state index contributed by atoms with van der Waals surface area (Å²) in [5.74, 6) is 0.790. The van der Waals surface area contributed by atoms with E-state index in [9.17, 15) is 0 Å². The number of rotatable bonds is 8. The van der Waals surface area contributed by atoms with Gasteiger partial charge in [0.05, 0.1) is 0 Å². The fourth-order valence-corrected chi connectivity index (χ4v) is 1.83. The Bertz CT molecular complexity index is 343. The zero-order valence-electron chi connectivity index (χ0n) is 12.0. The Morgan fingerprint density at radius 2 is 1.72 bits per heavy atom. The van der Waals surface area contributed by atoms with Crippen LogP contribution in [-0.4, -0.2) is 23.1 Å². The Hall–Kier alpha value is -1.00. The van der Waals surface area contributed by atoms with Gasteiger partial charge < -0.3 is 10.1 Å². The van der Waals surface area contributed by atoms with Crippen molar-refractivity contribution in [1.82, 2.24) is 15.3 Å². The molecule has 0 aliphatic rings. The van der Waals surface area contributed by atoms with E-state index in [1.54, 1.807) is 0 Å². The minimum absolute atomic E-state index is 0.512. The first-order valence-corrected chi connectivity index (χ1v) is 6.80. The van der Waals surface area contributed by atoms with Crippen LogP contribution in [0.4, 0.5) is 0 Å². The lowest BCUT2D eigenvalue weighted by Gasteiger charge is -2.11. The van der Waals surface area contributed by atoms with Crippen molar-refractivity contribution >= 4 is 0 Å². The number of aromatic nitrogens is 2. The molecule has 0 aliphatic carbocycles. The summed E-state index contributed by atoms with van der Waals surface area (Å²) in [6, 6.07) is 0. The molecule has 0 amide bonds. The van der Waals surface area contributed by atoms with Gasteiger partial charge in [0.25, 0.3) is 0 Å². The fourth-order valence-electron chi connectivity index (χ4n) is 1.83. The third-order valence-corrected chi connectivity index (χ3v) is 2.78. The topological polar surface area (TPSA) is 47.0 Å². The van der Waals surface area contributed by atoms with Crippen LogP contribution in [0.2, 0.25) is 0 Å². The summed E-state index contributed by atoms with van der Waals surface area (Å²) in [5.41, 5.74) is 3.32. The molecule has 0 bridgehead atoms. The van der Waals surface area contributed by atoms with E-state index in [0.29, 0.717) is 6.61 Å². The molecule has 0 atom stereocenters. The molecule has 0 saturated carbocycles. The minimum atomic E-state index is 0.512. The van der Waals surface area contributed by atoms with E-state index in [2.05, 4.69) is 29.1 Å². The summed E-state index contributed by atoms with van der Waals surface area (Å²) >= 11 is 0. The molecule has 1 heterocycles. The van der Waals surface area contributed by atoms with E-state index in [4.69, 9.17) is 4.74 Å². The van der Waals surface area contributed by atoms with Gasteiger partial charge in [-0.2, -0.15) is 0 Å². The van der Waals surface area contributed by atoms with Gasteiger partial charge in [-0.1, -0.05) is 13.8 Å². The molecule has 0 aliphatic heterocycles. The van der Waals surface area contributed by atoms with Crippen molar-refractivity contribution in [3.05, 3.63) is 22.8 Å². The second-order valence-electron chi connectivity index (χ2n) is 4.52. The third kappa shape index (κ3) is 4.70. The highest BCUT2D eigenvalue weighted by Crippen LogP contribution is 2.10. The summed E-state index contributed by atoms with van der Waals surface area (Å²) in [5, 5.41) is 3.39. The zero-order chi connectivity index (χ0) is 13.4. The molecule has 0 saturated heterocycles. The van der Waals surface area contributed by atoms with E-state index < -0.39 is 0 Å². The van der Waals surface area contributed by atoms with Crippen LogP contribution in [0.5, 0.6) is 0 Å². The lowest BCUT2D eigenvalue weighted by Crippen LogP contribution is -2.17. The highest BCUT2D eigenvalue weighted by atomic mass is 16.5. The molecule has 4 nitrogen and oxygen atoms in total. The van der Waals surface area contributed by atoms with E-state index in [0.717, 1.165) is 49.8 Å². The molecule has 1 N–H and O–H groups in total. The predicted octanol–water partition coefficient (Wildman–Crippen LogP) is 2.52. The standard InChI is InChI=1S/C14H25N3O/c1-5-7-15-9-13-11(3)16-14(17-12(13)4)10-18-8-6-2/h15H,5-10H2,1-4H3. The summed E-state index contributed by atoms with van der Waals surface area (Å²) in [6.45, 7) is 11.5. The van der Waals surface area contributed by atoms with Crippen LogP contribution >= 0.6 is 0 Å². The largest absolute Gasteiger partial charge is 0.373 e. The van der Waals surface area contributed by atoms with Crippen LogP contribution in [-0.2, 0) is 17.9 Å². The number of hydrogen-bond donors (Lipinski definition) is 1. The molecule has 1 aromatic rings. The van der Waals surface area contributed by atoms with E-state index in [1.165, 1.54) is 5.56 Å². The lowest BCUT2D eigenvalue weighted by atomic mass is 10.1. The Kier molecular flexibility index (Phi) is 6.83. The van der Waals surface area contributed by atoms with Crippen LogP contribution in [0.25, 0.3) is 0 Å². The highest BCUT2D eigenvalue weighted by Gasteiger charge is 2.08. The van der Waals surface area contributed by atoms with Crippen LogP contribution in [0.15, 0.2) is 0 Å². The molecule has 4 heteroatoms. The number of aryl methyl sites for hydroxylation is 2. The monoisotopic (exact) mass is 251 g/mol. The van der Waals surface area contributed by atoms with E-state index >= 15 is 0 Å². The quantitative estimate of drug-likeness (QED) is 0.721. The second kappa shape index (κ2) is 8.16. The molecule has 0 aromatic carbocycles.